The quantitative estimate of drug-likeness (QED) is 0.336. The van der Waals surface area contributed by atoms with E-state index in [1.54, 1.807) is 6.92 Å². The molecule has 0 radical (unpaired) electrons. The van der Waals surface area contributed by atoms with Gasteiger partial charge in [0.15, 0.2) is 11.7 Å². The topological polar surface area (TPSA) is 87.7 Å². The van der Waals surface area contributed by atoms with Crippen LogP contribution in [0, 0.1) is 24.5 Å². The lowest BCUT2D eigenvalue weighted by Gasteiger charge is -2.15. The molecule has 5 nitrogen and oxygen atoms in total. The number of rotatable bonds is 5. The Balaban J connectivity index is 3.03. The zero-order valence-corrected chi connectivity index (χ0v) is 11.3. The van der Waals surface area contributed by atoms with Crippen molar-refractivity contribution in [2.75, 3.05) is 5.32 Å². The molecule has 1 aromatic carbocycles. The maximum Gasteiger partial charge on any atom is 0.235 e. The van der Waals surface area contributed by atoms with Gasteiger partial charge in [-0.2, -0.15) is 0 Å². The molecule has 0 bridgehead atoms. The molecule has 1 unspecified atom stereocenters. The molecule has 110 valence electrons. The summed E-state index contributed by atoms with van der Waals surface area (Å²) in [5, 5.41) is 13.6. The summed E-state index contributed by atoms with van der Waals surface area (Å²) in [4.78, 5) is 12.0. The number of anilines is 1. The van der Waals surface area contributed by atoms with Gasteiger partial charge in [0.05, 0.1) is 5.92 Å². The van der Waals surface area contributed by atoms with E-state index in [0.717, 1.165) is 6.07 Å². The molecule has 4 N–H and O–H groups in total. The summed E-state index contributed by atoms with van der Waals surface area (Å²) < 4.78 is 27.3. The van der Waals surface area contributed by atoms with Crippen LogP contribution in [-0.2, 0) is 4.79 Å². The van der Waals surface area contributed by atoms with E-state index in [2.05, 4.69) is 10.5 Å². The van der Waals surface area contributed by atoms with E-state index >= 15 is 0 Å². The van der Waals surface area contributed by atoms with E-state index in [0.29, 0.717) is 12.8 Å². The van der Waals surface area contributed by atoms with Crippen LogP contribution in [-0.4, -0.2) is 17.0 Å². The van der Waals surface area contributed by atoms with Crippen LogP contribution in [0.15, 0.2) is 17.3 Å². The van der Waals surface area contributed by atoms with Crippen LogP contribution in [0.1, 0.15) is 25.3 Å². The minimum absolute atomic E-state index is 0.206. The number of benzene rings is 1. The molecule has 0 saturated carbocycles. The van der Waals surface area contributed by atoms with E-state index in [4.69, 9.17) is 10.9 Å². The number of nitrogens with two attached hydrogens (primary N) is 1. The van der Waals surface area contributed by atoms with Crippen molar-refractivity contribution in [1.82, 2.24) is 0 Å². The van der Waals surface area contributed by atoms with Gasteiger partial charge in [-0.05, 0) is 25.0 Å². The molecule has 0 fully saturated rings. The number of amidine groups is 1. The summed E-state index contributed by atoms with van der Waals surface area (Å²) in [6.45, 7) is 3.26. The number of hydrogen-bond donors (Lipinski definition) is 3. The third kappa shape index (κ3) is 3.43. The second kappa shape index (κ2) is 6.83. The fourth-order valence-corrected chi connectivity index (χ4v) is 1.75. The van der Waals surface area contributed by atoms with E-state index < -0.39 is 29.1 Å². The van der Waals surface area contributed by atoms with Gasteiger partial charge in [0.1, 0.15) is 11.5 Å². The zero-order valence-electron chi connectivity index (χ0n) is 11.3. The Bertz CT molecular complexity index is 533. The van der Waals surface area contributed by atoms with Crippen LogP contribution in [0.3, 0.4) is 0 Å². The molecular formula is C13H17F2N3O2. The minimum Gasteiger partial charge on any atom is -0.409 e. The third-order valence-electron chi connectivity index (χ3n) is 2.90. The molecule has 20 heavy (non-hydrogen) atoms. The van der Waals surface area contributed by atoms with Gasteiger partial charge < -0.3 is 16.3 Å². The van der Waals surface area contributed by atoms with Crippen molar-refractivity contribution in [3.8, 4) is 0 Å². The fraction of sp³-hybridized carbons (Fsp3) is 0.385. The van der Waals surface area contributed by atoms with Gasteiger partial charge in [0.25, 0.3) is 0 Å². The summed E-state index contributed by atoms with van der Waals surface area (Å²) in [5.41, 5.74) is 5.10. The first-order valence-corrected chi connectivity index (χ1v) is 6.15. The Kier molecular flexibility index (Phi) is 5.42. The number of nitrogens with zero attached hydrogens (tertiary/aromatic N) is 1. The van der Waals surface area contributed by atoms with Gasteiger partial charge in [-0.3, -0.25) is 4.79 Å². The van der Waals surface area contributed by atoms with E-state index in [-0.39, 0.29) is 11.4 Å². The van der Waals surface area contributed by atoms with Crippen LogP contribution in [0.25, 0.3) is 0 Å². The smallest absolute Gasteiger partial charge is 0.235 e. The van der Waals surface area contributed by atoms with Crippen molar-refractivity contribution in [2.24, 2.45) is 16.8 Å². The van der Waals surface area contributed by atoms with E-state index in [1.807, 2.05) is 0 Å². The van der Waals surface area contributed by atoms with Crippen molar-refractivity contribution >= 4 is 17.4 Å². The monoisotopic (exact) mass is 285 g/mol. The summed E-state index contributed by atoms with van der Waals surface area (Å²) >= 11 is 0. The molecule has 1 rings (SSSR count). The van der Waals surface area contributed by atoms with Crippen LogP contribution >= 0.6 is 0 Å². The average Bonchev–Trinajstić information content (AvgIpc) is 2.44. The maximum atomic E-state index is 13.8. The first-order chi connectivity index (χ1) is 9.42. The van der Waals surface area contributed by atoms with Gasteiger partial charge in [-0.1, -0.05) is 24.6 Å². The molecule has 7 heteroatoms. The van der Waals surface area contributed by atoms with Crippen LogP contribution < -0.4 is 11.1 Å². The third-order valence-corrected chi connectivity index (χ3v) is 2.90. The lowest BCUT2D eigenvalue weighted by Crippen LogP contribution is -2.35. The molecule has 0 aliphatic carbocycles. The van der Waals surface area contributed by atoms with Gasteiger partial charge in [-0.25, -0.2) is 8.78 Å². The summed E-state index contributed by atoms with van der Waals surface area (Å²) in [6, 6.07) is 2.33. The Morgan fingerprint density at radius 2 is 2.15 bits per heavy atom. The molecule has 0 heterocycles. The highest BCUT2D eigenvalue weighted by molar-refractivity contribution is 6.07. The molecule has 0 aliphatic heterocycles. The Morgan fingerprint density at radius 1 is 1.50 bits per heavy atom. The highest BCUT2D eigenvalue weighted by Gasteiger charge is 2.24. The first-order valence-electron chi connectivity index (χ1n) is 6.15. The number of carbonyl (C=O) groups excluding carboxylic acids is 1. The Hall–Kier alpha value is -2.18. The highest BCUT2D eigenvalue weighted by Crippen LogP contribution is 2.22. The second-order valence-electron chi connectivity index (χ2n) is 4.41. The normalized spacial score (nSPS) is 13.1. The molecule has 1 aromatic rings. The molecule has 0 saturated heterocycles. The minimum atomic E-state index is -0.940. The fourth-order valence-electron chi connectivity index (χ4n) is 1.75. The molecule has 1 atom stereocenters. The van der Waals surface area contributed by atoms with Gasteiger partial charge in [-0.15, -0.1) is 0 Å². The number of aryl methyl sites for hydroxylation is 1. The van der Waals surface area contributed by atoms with Crippen molar-refractivity contribution in [2.45, 2.75) is 26.7 Å². The number of amides is 1. The van der Waals surface area contributed by atoms with Crippen molar-refractivity contribution in [3.05, 3.63) is 29.3 Å². The largest absolute Gasteiger partial charge is 0.409 e. The lowest BCUT2D eigenvalue weighted by atomic mass is 10.0. The average molecular weight is 285 g/mol. The molecule has 0 aromatic heterocycles. The van der Waals surface area contributed by atoms with Gasteiger partial charge in [0.2, 0.25) is 5.91 Å². The SMILES string of the molecule is CCCC(C(=O)Nc1c(F)ccc(C)c1F)/C(N)=N/O. The van der Waals surface area contributed by atoms with Gasteiger partial charge >= 0.3 is 0 Å². The lowest BCUT2D eigenvalue weighted by molar-refractivity contribution is -0.118. The summed E-state index contributed by atoms with van der Waals surface area (Å²) in [7, 11) is 0. The number of halogens is 2. The first kappa shape index (κ1) is 15.9. The van der Waals surface area contributed by atoms with E-state index in [9.17, 15) is 13.6 Å². The Morgan fingerprint density at radius 3 is 2.70 bits per heavy atom. The molecular weight excluding hydrogens is 268 g/mol. The predicted molar refractivity (Wildman–Crippen MR) is 71.5 cm³/mol. The van der Waals surface area contributed by atoms with Crippen molar-refractivity contribution in [1.29, 1.82) is 0 Å². The molecule has 0 spiro atoms. The Labute approximate surface area is 115 Å². The van der Waals surface area contributed by atoms with Crippen molar-refractivity contribution in [3.63, 3.8) is 0 Å². The highest BCUT2D eigenvalue weighted by atomic mass is 19.1. The van der Waals surface area contributed by atoms with Crippen molar-refractivity contribution < 1.29 is 18.8 Å². The summed E-state index contributed by atoms with van der Waals surface area (Å²) in [5.74, 6) is -3.67. The number of nitrogens with one attached hydrogen (secondary N) is 1. The van der Waals surface area contributed by atoms with Crippen LogP contribution in [0.2, 0.25) is 0 Å². The molecule has 0 aliphatic rings. The van der Waals surface area contributed by atoms with E-state index in [1.165, 1.54) is 13.0 Å². The number of carbonyl (C=O) groups is 1. The zero-order chi connectivity index (χ0) is 15.3. The van der Waals surface area contributed by atoms with Crippen LogP contribution in [0.4, 0.5) is 14.5 Å². The maximum absolute atomic E-state index is 13.8. The molecule has 1 amide bonds. The van der Waals surface area contributed by atoms with Gasteiger partial charge in [0, 0.05) is 0 Å². The second-order valence-corrected chi connectivity index (χ2v) is 4.41. The summed E-state index contributed by atoms with van der Waals surface area (Å²) in [6.07, 6.45) is 0.893. The van der Waals surface area contributed by atoms with Crippen LogP contribution in [0.5, 0.6) is 0 Å². The standard InChI is InChI=1S/C13H17F2N3O2/c1-3-4-8(12(16)18-20)13(19)17-11-9(14)6-5-7(2)10(11)15/h5-6,8,20H,3-4H2,1-2H3,(H2,16,18)(H,17,19). The number of hydrogen-bond acceptors (Lipinski definition) is 3. The number of oxime groups is 1. The predicted octanol–water partition coefficient (Wildman–Crippen LogP) is 2.37.